The van der Waals surface area contributed by atoms with Crippen LogP contribution >= 0.6 is 22.7 Å². The van der Waals surface area contributed by atoms with Crippen molar-refractivity contribution in [3.63, 3.8) is 0 Å². The number of carbonyl (C=O) groups excluding carboxylic acids is 1. The molecule has 2 aromatic carbocycles. The third-order valence-corrected chi connectivity index (χ3v) is 7.27. The van der Waals surface area contributed by atoms with Crippen molar-refractivity contribution in [2.45, 2.75) is 19.8 Å². The number of nitrogens with zero attached hydrogens (tertiary/aromatic N) is 3. The van der Waals surface area contributed by atoms with E-state index in [2.05, 4.69) is 20.2 Å². The molecule has 1 fully saturated rings. The van der Waals surface area contributed by atoms with Gasteiger partial charge in [0, 0.05) is 24.7 Å². The fourth-order valence-corrected chi connectivity index (χ4v) is 5.57. The van der Waals surface area contributed by atoms with Gasteiger partial charge in [-0.3, -0.25) is 4.79 Å². The largest absolute Gasteiger partial charge is 0.348 e. The van der Waals surface area contributed by atoms with E-state index in [1.54, 1.807) is 17.4 Å². The monoisotopic (exact) mass is 426 g/mol. The van der Waals surface area contributed by atoms with Gasteiger partial charge in [-0.25, -0.2) is 14.4 Å². The van der Waals surface area contributed by atoms with Crippen LogP contribution in [0.15, 0.2) is 36.4 Å². The highest BCUT2D eigenvalue weighted by atomic mass is 32.1. The van der Waals surface area contributed by atoms with Crippen LogP contribution < -0.4 is 10.2 Å². The number of halogens is 1. The first-order chi connectivity index (χ1) is 14.0. The van der Waals surface area contributed by atoms with Crippen molar-refractivity contribution in [3.8, 4) is 0 Å². The first-order valence-electron chi connectivity index (χ1n) is 9.54. The number of aromatic nitrogens is 2. The summed E-state index contributed by atoms with van der Waals surface area (Å²) >= 11 is 3.15. The van der Waals surface area contributed by atoms with E-state index in [9.17, 15) is 9.18 Å². The molecule has 1 N–H and O–H groups in total. The molecule has 1 aliphatic heterocycles. The highest BCUT2D eigenvalue weighted by Crippen LogP contribution is 2.32. The van der Waals surface area contributed by atoms with Crippen LogP contribution in [0, 0.1) is 18.7 Å². The maximum atomic E-state index is 13.4. The van der Waals surface area contributed by atoms with E-state index in [0.29, 0.717) is 0 Å². The molecule has 0 unspecified atom stereocenters. The zero-order valence-electron chi connectivity index (χ0n) is 15.8. The first kappa shape index (κ1) is 18.4. The SMILES string of the molecule is Cc1nc2cc(NC(=O)C3CCN(c4nc5ccc(F)cc5s4)CC3)ccc2s1. The topological polar surface area (TPSA) is 58.1 Å². The molecule has 2 aromatic heterocycles. The van der Waals surface area contributed by atoms with Crippen LogP contribution in [0.25, 0.3) is 20.4 Å². The van der Waals surface area contributed by atoms with Crippen LogP contribution in [0.5, 0.6) is 0 Å². The maximum absolute atomic E-state index is 13.4. The molecule has 0 aliphatic carbocycles. The molecule has 0 atom stereocenters. The molecule has 4 aromatic rings. The molecule has 29 heavy (non-hydrogen) atoms. The average Bonchev–Trinajstić information content (AvgIpc) is 3.29. The van der Waals surface area contributed by atoms with Crippen molar-refractivity contribution >= 4 is 59.8 Å². The molecule has 148 valence electrons. The Labute approximate surface area is 175 Å². The predicted octanol–water partition coefficient (Wildman–Crippen LogP) is 5.21. The third-order valence-electron chi connectivity index (χ3n) is 5.24. The Hall–Kier alpha value is -2.58. The molecule has 0 radical (unpaired) electrons. The van der Waals surface area contributed by atoms with Gasteiger partial charge < -0.3 is 10.2 Å². The lowest BCUT2D eigenvalue weighted by atomic mass is 9.96. The number of rotatable bonds is 3. The van der Waals surface area contributed by atoms with Crippen LogP contribution in [0.4, 0.5) is 15.2 Å². The number of aryl methyl sites for hydroxylation is 1. The Balaban J connectivity index is 1.23. The number of thiazole rings is 2. The molecule has 1 amide bonds. The van der Waals surface area contributed by atoms with Crippen molar-refractivity contribution in [1.29, 1.82) is 0 Å². The number of nitrogens with one attached hydrogen (secondary N) is 1. The molecule has 0 saturated carbocycles. The maximum Gasteiger partial charge on any atom is 0.227 e. The van der Waals surface area contributed by atoms with Crippen molar-refractivity contribution in [2.75, 3.05) is 23.3 Å². The number of anilines is 2. The van der Waals surface area contributed by atoms with Gasteiger partial charge in [-0.1, -0.05) is 11.3 Å². The Morgan fingerprint density at radius 3 is 2.72 bits per heavy atom. The number of piperidine rings is 1. The molecule has 5 nitrogen and oxygen atoms in total. The van der Waals surface area contributed by atoms with Gasteiger partial charge in [0.1, 0.15) is 5.82 Å². The van der Waals surface area contributed by atoms with Gasteiger partial charge in [-0.2, -0.15) is 0 Å². The zero-order chi connectivity index (χ0) is 20.0. The first-order valence-corrected chi connectivity index (χ1v) is 11.2. The lowest BCUT2D eigenvalue weighted by Gasteiger charge is -2.31. The molecular weight excluding hydrogens is 407 g/mol. The summed E-state index contributed by atoms with van der Waals surface area (Å²) in [6.07, 6.45) is 1.54. The number of fused-ring (bicyclic) bond motifs is 2. The summed E-state index contributed by atoms with van der Waals surface area (Å²) in [4.78, 5) is 24.0. The van der Waals surface area contributed by atoms with Crippen LogP contribution in [-0.2, 0) is 4.79 Å². The van der Waals surface area contributed by atoms with E-state index in [-0.39, 0.29) is 17.6 Å². The Kier molecular flexibility index (Phi) is 4.67. The van der Waals surface area contributed by atoms with E-state index in [1.165, 1.54) is 23.5 Å². The van der Waals surface area contributed by atoms with Crippen molar-refractivity contribution in [1.82, 2.24) is 9.97 Å². The van der Waals surface area contributed by atoms with Gasteiger partial charge in [-0.05, 0) is 56.2 Å². The normalized spacial score (nSPS) is 15.3. The molecular formula is C21H19FN4OS2. The second-order valence-corrected chi connectivity index (χ2v) is 9.52. The van der Waals surface area contributed by atoms with Crippen LogP contribution in [-0.4, -0.2) is 29.0 Å². The fraction of sp³-hybridized carbons (Fsp3) is 0.286. The van der Waals surface area contributed by atoms with Crippen LogP contribution in [0.1, 0.15) is 17.8 Å². The average molecular weight is 427 g/mol. The molecule has 8 heteroatoms. The summed E-state index contributed by atoms with van der Waals surface area (Å²) in [5, 5.41) is 4.97. The third kappa shape index (κ3) is 3.70. The Morgan fingerprint density at radius 2 is 1.90 bits per heavy atom. The minimum Gasteiger partial charge on any atom is -0.348 e. The summed E-state index contributed by atoms with van der Waals surface area (Å²) in [6, 6.07) is 10.6. The second kappa shape index (κ2) is 7.35. The van der Waals surface area contributed by atoms with E-state index in [4.69, 9.17) is 0 Å². The number of hydrogen-bond acceptors (Lipinski definition) is 6. The van der Waals surface area contributed by atoms with E-state index >= 15 is 0 Å². The minimum atomic E-state index is -0.242. The lowest BCUT2D eigenvalue weighted by molar-refractivity contribution is -0.120. The summed E-state index contributed by atoms with van der Waals surface area (Å²) in [6.45, 7) is 3.52. The van der Waals surface area contributed by atoms with Crippen molar-refractivity contribution in [3.05, 3.63) is 47.2 Å². The van der Waals surface area contributed by atoms with Gasteiger partial charge in [0.05, 0.1) is 25.4 Å². The fourth-order valence-electron chi connectivity index (χ4n) is 3.72. The van der Waals surface area contributed by atoms with Crippen LogP contribution in [0.2, 0.25) is 0 Å². The van der Waals surface area contributed by atoms with Crippen LogP contribution in [0.3, 0.4) is 0 Å². The summed E-state index contributed by atoms with van der Waals surface area (Å²) in [5.74, 6) is -0.206. The summed E-state index contributed by atoms with van der Waals surface area (Å²) in [5.41, 5.74) is 2.54. The molecule has 1 saturated heterocycles. The predicted molar refractivity (Wildman–Crippen MR) is 118 cm³/mol. The van der Waals surface area contributed by atoms with Gasteiger partial charge in [0.25, 0.3) is 0 Å². The second-order valence-electron chi connectivity index (χ2n) is 7.27. The van der Waals surface area contributed by atoms with E-state index < -0.39 is 0 Å². The molecule has 3 heterocycles. The quantitative estimate of drug-likeness (QED) is 0.489. The summed E-state index contributed by atoms with van der Waals surface area (Å²) < 4.78 is 15.4. The molecule has 0 bridgehead atoms. The van der Waals surface area contributed by atoms with Crippen molar-refractivity contribution < 1.29 is 9.18 Å². The Bertz CT molecular complexity index is 1210. The van der Waals surface area contributed by atoms with Gasteiger partial charge in [0.2, 0.25) is 5.91 Å². The lowest BCUT2D eigenvalue weighted by Crippen LogP contribution is -2.38. The molecule has 5 rings (SSSR count). The standard InChI is InChI=1S/C21H19FN4OS2/c1-12-23-17-11-15(3-5-18(17)28-12)24-20(27)13-6-8-26(9-7-13)21-25-16-4-2-14(22)10-19(16)29-21/h2-5,10-11,13H,6-9H2,1H3,(H,24,27). The highest BCUT2D eigenvalue weighted by Gasteiger charge is 2.26. The van der Waals surface area contributed by atoms with Gasteiger partial charge in [-0.15, -0.1) is 11.3 Å². The smallest absolute Gasteiger partial charge is 0.227 e. The molecule has 1 aliphatic rings. The molecule has 0 spiro atoms. The number of hydrogen-bond donors (Lipinski definition) is 1. The summed E-state index contributed by atoms with van der Waals surface area (Å²) in [7, 11) is 0. The minimum absolute atomic E-state index is 0.0223. The zero-order valence-corrected chi connectivity index (χ0v) is 17.4. The van der Waals surface area contributed by atoms with E-state index in [1.807, 2.05) is 25.1 Å². The van der Waals surface area contributed by atoms with Gasteiger partial charge in [0.15, 0.2) is 5.13 Å². The highest BCUT2D eigenvalue weighted by molar-refractivity contribution is 7.22. The number of carbonyl (C=O) groups is 1. The van der Waals surface area contributed by atoms with Crippen molar-refractivity contribution in [2.24, 2.45) is 5.92 Å². The van der Waals surface area contributed by atoms with Gasteiger partial charge >= 0.3 is 0 Å². The Morgan fingerprint density at radius 1 is 1.07 bits per heavy atom. The number of amides is 1. The number of benzene rings is 2. The van der Waals surface area contributed by atoms with E-state index in [0.717, 1.165) is 62.2 Å².